The molecule has 292 valence electrons. The highest BCUT2D eigenvalue weighted by Gasteiger charge is 2.17. The van der Waals surface area contributed by atoms with Crippen molar-refractivity contribution in [3.63, 3.8) is 0 Å². The Hall–Kier alpha value is -8.41. The van der Waals surface area contributed by atoms with E-state index in [1.807, 2.05) is 72.8 Å². The van der Waals surface area contributed by atoms with E-state index in [0.717, 1.165) is 77.9 Å². The van der Waals surface area contributed by atoms with Crippen molar-refractivity contribution in [2.75, 3.05) is 4.90 Å². The molecular formula is C57H38N4O. The number of nitrogens with zero attached hydrogens (tertiary/aromatic N) is 4. The fourth-order valence-electron chi connectivity index (χ4n) is 8.19. The standard InChI is InChI=1S/C57H38N4O/c1-5-15-39(16-6-1)44-23-13-25-49(35-44)61(50-26-14-24-45(36-50)40-17-7-2-8-18-40)48-31-27-41(28-32-48)46-29-33-51-52-37-47(30-34-53(52)62-54(51)38-46)57-59-55(42-19-9-3-10-20-42)58-56(60-57)43-21-11-4-12-22-43/h1-38H. The zero-order valence-electron chi connectivity index (χ0n) is 33.6. The van der Waals surface area contributed by atoms with E-state index >= 15 is 0 Å². The first kappa shape index (κ1) is 36.7. The zero-order valence-corrected chi connectivity index (χ0v) is 33.6. The van der Waals surface area contributed by atoms with E-state index < -0.39 is 0 Å². The molecule has 9 aromatic carbocycles. The number of anilines is 3. The maximum Gasteiger partial charge on any atom is 0.164 e. The van der Waals surface area contributed by atoms with Gasteiger partial charge in [0.25, 0.3) is 0 Å². The molecule has 2 heterocycles. The number of hydrogen-bond donors (Lipinski definition) is 0. The number of hydrogen-bond acceptors (Lipinski definition) is 5. The van der Waals surface area contributed by atoms with Gasteiger partial charge in [0.05, 0.1) is 0 Å². The van der Waals surface area contributed by atoms with Gasteiger partial charge >= 0.3 is 0 Å². The fourth-order valence-corrected chi connectivity index (χ4v) is 8.19. The molecule has 0 fully saturated rings. The highest BCUT2D eigenvalue weighted by molar-refractivity contribution is 6.07. The van der Waals surface area contributed by atoms with Crippen LogP contribution in [-0.4, -0.2) is 15.0 Å². The van der Waals surface area contributed by atoms with Crippen molar-refractivity contribution in [2.24, 2.45) is 0 Å². The second-order valence-electron chi connectivity index (χ2n) is 15.3. The summed E-state index contributed by atoms with van der Waals surface area (Å²) in [6, 6.07) is 80.1. The van der Waals surface area contributed by atoms with Gasteiger partial charge in [-0.15, -0.1) is 0 Å². The normalized spacial score (nSPS) is 11.2. The van der Waals surface area contributed by atoms with Crippen molar-refractivity contribution in [1.29, 1.82) is 0 Å². The molecule has 0 aliphatic carbocycles. The monoisotopic (exact) mass is 794 g/mol. The predicted molar refractivity (Wildman–Crippen MR) is 254 cm³/mol. The molecule has 0 spiro atoms. The third kappa shape index (κ3) is 7.18. The molecule has 0 aliphatic heterocycles. The van der Waals surface area contributed by atoms with Gasteiger partial charge in [0.15, 0.2) is 17.5 Å². The zero-order chi connectivity index (χ0) is 41.2. The summed E-state index contributed by atoms with van der Waals surface area (Å²) >= 11 is 0. The maximum atomic E-state index is 6.50. The molecule has 11 aromatic rings. The number of aromatic nitrogens is 3. The topological polar surface area (TPSA) is 55.1 Å². The van der Waals surface area contributed by atoms with Crippen LogP contribution in [0.1, 0.15) is 0 Å². The average Bonchev–Trinajstić information content (AvgIpc) is 3.73. The molecule has 5 nitrogen and oxygen atoms in total. The number of benzene rings is 9. The van der Waals surface area contributed by atoms with Crippen LogP contribution in [0.15, 0.2) is 235 Å². The van der Waals surface area contributed by atoms with E-state index in [9.17, 15) is 0 Å². The Balaban J connectivity index is 0.947. The smallest absolute Gasteiger partial charge is 0.164 e. The van der Waals surface area contributed by atoms with E-state index in [1.54, 1.807) is 0 Å². The van der Waals surface area contributed by atoms with Gasteiger partial charge in [-0.25, -0.2) is 15.0 Å². The molecule has 0 atom stereocenters. The van der Waals surface area contributed by atoms with Gasteiger partial charge in [0.2, 0.25) is 0 Å². The van der Waals surface area contributed by atoms with Crippen LogP contribution in [0.4, 0.5) is 17.1 Å². The summed E-state index contributed by atoms with van der Waals surface area (Å²) < 4.78 is 6.50. The van der Waals surface area contributed by atoms with Crippen LogP contribution in [0.25, 0.3) is 89.5 Å². The Kier molecular flexibility index (Phi) is 9.45. The summed E-state index contributed by atoms with van der Waals surface area (Å²) in [6.07, 6.45) is 0. The Morgan fingerprint density at radius 2 is 0.677 bits per heavy atom. The summed E-state index contributed by atoms with van der Waals surface area (Å²) in [6.45, 7) is 0. The van der Waals surface area contributed by atoms with Gasteiger partial charge in [-0.3, -0.25) is 0 Å². The van der Waals surface area contributed by atoms with Crippen molar-refractivity contribution >= 4 is 39.0 Å². The first-order valence-electron chi connectivity index (χ1n) is 20.8. The van der Waals surface area contributed by atoms with Crippen LogP contribution in [0.5, 0.6) is 0 Å². The minimum Gasteiger partial charge on any atom is -0.456 e. The molecule has 62 heavy (non-hydrogen) atoms. The van der Waals surface area contributed by atoms with Crippen LogP contribution >= 0.6 is 0 Å². The molecule has 0 saturated heterocycles. The summed E-state index contributed by atoms with van der Waals surface area (Å²) in [7, 11) is 0. The summed E-state index contributed by atoms with van der Waals surface area (Å²) in [5.74, 6) is 1.87. The number of rotatable bonds is 9. The van der Waals surface area contributed by atoms with Crippen molar-refractivity contribution in [1.82, 2.24) is 15.0 Å². The second-order valence-corrected chi connectivity index (χ2v) is 15.3. The Morgan fingerprint density at radius 3 is 1.21 bits per heavy atom. The fraction of sp³-hybridized carbons (Fsp3) is 0. The maximum absolute atomic E-state index is 6.50. The van der Waals surface area contributed by atoms with Gasteiger partial charge in [-0.05, 0) is 100 Å². The van der Waals surface area contributed by atoms with E-state index in [1.165, 1.54) is 11.1 Å². The lowest BCUT2D eigenvalue weighted by Crippen LogP contribution is -2.10. The lowest BCUT2D eigenvalue weighted by atomic mass is 10.0. The van der Waals surface area contributed by atoms with E-state index in [-0.39, 0.29) is 0 Å². The average molecular weight is 795 g/mol. The molecule has 2 aromatic heterocycles. The molecule has 0 aliphatic rings. The minimum atomic E-state index is 0.610. The van der Waals surface area contributed by atoms with Gasteiger partial charge in [-0.2, -0.15) is 0 Å². The van der Waals surface area contributed by atoms with Crippen LogP contribution in [0.3, 0.4) is 0 Å². The van der Waals surface area contributed by atoms with E-state index in [2.05, 4.69) is 163 Å². The molecule has 0 N–H and O–H groups in total. The van der Waals surface area contributed by atoms with Crippen molar-refractivity contribution in [3.8, 4) is 67.5 Å². The number of furan rings is 1. The van der Waals surface area contributed by atoms with Gasteiger partial charge in [0, 0.05) is 44.5 Å². The predicted octanol–water partition coefficient (Wildman–Crippen LogP) is 15.2. The molecule has 5 heteroatoms. The third-order valence-corrected chi connectivity index (χ3v) is 11.3. The van der Waals surface area contributed by atoms with Crippen molar-refractivity contribution < 1.29 is 4.42 Å². The summed E-state index contributed by atoms with van der Waals surface area (Å²) in [5.41, 5.74) is 14.5. The van der Waals surface area contributed by atoms with Gasteiger partial charge < -0.3 is 9.32 Å². The molecule has 0 saturated carbocycles. The second kappa shape index (κ2) is 16.0. The quantitative estimate of drug-likeness (QED) is 0.146. The SMILES string of the molecule is c1ccc(-c2cccc(N(c3ccc(-c4ccc5c(c4)oc4ccc(-c6nc(-c7ccccc7)nc(-c7ccccc7)n6)cc45)cc3)c3cccc(-c4ccccc4)c3)c2)cc1. The van der Waals surface area contributed by atoms with Gasteiger partial charge in [-0.1, -0.05) is 164 Å². The van der Waals surface area contributed by atoms with Crippen LogP contribution < -0.4 is 4.90 Å². The number of fused-ring (bicyclic) bond motifs is 3. The highest BCUT2D eigenvalue weighted by Crippen LogP contribution is 2.40. The lowest BCUT2D eigenvalue weighted by Gasteiger charge is -2.27. The molecule has 0 amide bonds. The van der Waals surface area contributed by atoms with E-state index in [0.29, 0.717) is 17.5 Å². The first-order chi connectivity index (χ1) is 30.7. The van der Waals surface area contributed by atoms with Crippen LogP contribution in [0, 0.1) is 0 Å². The third-order valence-electron chi connectivity index (χ3n) is 11.3. The molecule has 0 bridgehead atoms. The molecule has 0 radical (unpaired) electrons. The lowest BCUT2D eigenvalue weighted by molar-refractivity contribution is 0.669. The minimum absolute atomic E-state index is 0.610. The van der Waals surface area contributed by atoms with Crippen molar-refractivity contribution in [3.05, 3.63) is 231 Å². The summed E-state index contributed by atoms with van der Waals surface area (Å²) in [5, 5.41) is 2.04. The van der Waals surface area contributed by atoms with Crippen LogP contribution in [-0.2, 0) is 0 Å². The largest absolute Gasteiger partial charge is 0.456 e. The molecular weight excluding hydrogens is 757 g/mol. The Bertz CT molecular complexity index is 3190. The Labute approximate surface area is 359 Å². The highest BCUT2D eigenvalue weighted by atomic mass is 16.3. The first-order valence-corrected chi connectivity index (χ1v) is 20.8. The van der Waals surface area contributed by atoms with E-state index in [4.69, 9.17) is 19.4 Å². The molecule has 11 rings (SSSR count). The van der Waals surface area contributed by atoms with Gasteiger partial charge in [0.1, 0.15) is 11.2 Å². The summed E-state index contributed by atoms with van der Waals surface area (Å²) in [4.78, 5) is 17.1. The van der Waals surface area contributed by atoms with Crippen LogP contribution in [0.2, 0.25) is 0 Å². The molecule has 0 unspecified atom stereocenters. The Morgan fingerprint density at radius 1 is 0.258 bits per heavy atom. The van der Waals surface area contributed by atoms with Crippen molar-refractivity contribution in [2.45, 2.75) is 0 Å².